The highest BCUT2D eigenvalue weighted by Gasteiger charge is 2.21. The molecule has 7 heteroatoms. The lowest BCUT2D eigenvalue weighted by Gasteiger charge is -2.21. The minimum atomic E-state index is -0.348. The van der Waals surface area contributed by atoms with Crippen LogP contribution in [0.4, 0.5) is 14.5 Å². The van der Waals surface area contributed by atoms with Crippen LogP contribution in [0, 0.1) is 17.6 Å². The summed E-state index contributed by atoms with van der Waals surface area (Å²) in [6.45, 7) is 1.68. The first-order valence-electron chi connectivity index (χ1n) is 10.9. The van der Waals surface area contributed by atoms with Gasteiger partial charge in [0.1, 0.15) is 11.6 Å². The number of nitrogens with one attached hydrogen (secondary N) is 2. The molecule has 166 valence electrons. The Morgan fingerprint density at radius 2 is 1.33 bits per heavy atom. The largest absolute Gasteiger partial charge is 0.326 e. The maximum Gasteiger partial charge on any atom is 0.227 e. The summed E-state index contributed by atoms with van der Waals surface area (Å²) in [5.41, 5.74) is 4.41. The van der Waals surface area contributed by atoms with Crippen LogP contribution in [0.25, 0.3) is 33.5 Å². The van der Waals surface area contributed by atoms with Crippen molar-refractivity contribution in [3.8, 4) is 22.5 Å². The van der Waals surface area contributed by atoms with Crippen molar-refractivity contribution in [1.82, 2.24) is 15.3 Å². The fourth-order valence-corrected chi connectivity index (χ4v) is 4.08. The van der Waals surface area contributed by atoms with Gasteiger partial charge in [0.15, 0.2) is 0 Å². The highest BCUT2D eigenvalue weighted by molar-refractivity contribution is 5.95. The molecule has 0 atom stereocenters. The normalized spacial score (nSPS) is 14.4. The minimum absolute atomic E-state index is 0.00509. The van der Waals surface area contributed by atoms with Crippen molar-refractivity contribution in [2.75, 3.05) is 18.4 Å². The smallest absolute Gasteiger partial charge is 0.227 e. The number of nitrogens with zero attached hydrogens (tertiary/aromatic N) is 2. The van der Waals surface area contributed by atoms with Crippen LogP contribution in [-0.4, -0.2) is 29.0 Å². The molecule has 1 saturated heterocycles. The molecule has 0 bridgehead atoms. The van der Waals surface area contributed by atoms with Gasteiger partial charge >= 0.3 is 0 Å². The van der Waals surface area contributed by atoms with Gasteiger partial charge in [-0.25, -0.2) is 18.7 Å². The molecular weight excluding hydrogens is 422 g/mol. The lowest BCUT2D eigenvalue weighted by Crippen LogP contribution is -2.34. The number of benzene rings is 3. The molecule has 0 saturated carbocycles. The van der Waals surface area contributed by atoms with E-state index in [0.29, 0.717) is 39.2 Å². The quantitative estimate of drug-likeness (QED) is 0.455. The summed E-state index contributed by atoms with van der Waals surface area (Å²) >= 11 is 0. The van der Waals surface area contributed by atoms with Crippen LogP contribution in [0.15, 0.2) is 66.7 Å². The lowest BCUT2D eigenvalue weighted by molar-refractivity contribution is -0.120. The second-order valence-electron chi connectivity index (χ2n) is 8.15. The fraction of sp³-hybridized carbons (Fsp3) is 0.192. The standard InChI is InChI=1S/C26H22F2N4O/c27-19-5-1-16(2-6-19)24-25(17-3-7-20(28)8-4-17)32-23-15-21(9-10-22(23)31-24)30-26(33)18-11-13-29-14-12-18/h1-10,15,18,29H,11-14H2,(H,30,33). The van der Waals surface area contributed by atoms with E-state index in [2.05, 4.69) is 10.6 Å². The van der Waals surface area contributed by atoms with Gasteiger partial charge in [0.2, 0.25) is 5.91 Å². The summed E-state index contributed by atoms with van der Waals surface area (Å²) in [6.07, 6.45) is 1.63. The molecule has 1 amide bonds. The summed E-state index contributed by atoms with van der Waals surface area (Å²) in [7, 11) is 0. The average Bonchev–Trinajstić information content (AvgIpc) is 2.85. The van der Waals surface area contributed by atoms with Gasteiger partial charge in [-0.05, 0) is 92.7 Å². The first kappa shape index (κ1) is 21.2. The molecule has 1 fully saturated rings. The van der Waals surface area contributed by atoms with Crippen LogP contribution in [0.5, 0.6) is 0 Å². The average molecular weight is 444 g/mol. The Kier molecular flexibility index (Phi) is 5.79. The summed E-state index contributed by atoms with van der Waals surface area (Å²) in [5, 5.41) is 6.26. The van der Waals surface area contributed by atoms with Gasteiger partial charge in [0.25, 0.3) is 0 Å². The van der Waals surface area contributed by atoms with E-state index in [1.54, 1.807) is 30.3 Å². The molecule has 0 radical (unpaired) electrons. The molecule has 1 aliphatic heterocycles. The van der Waals surface area contributed by atoms with Crippen LogP contribution in [0.3, 0.4) is 0 Å². The number of anilines is 1. The number of fused-ring (bicyclic) bond motifs is 1. The van der Waals surface area contributed by atoms with Gasteiger partial charge < -0.3 is 10.6 Å². The first-order chi connectivity index (χ1) is 16.1. The molecule has 5 rings (SSSR count). The van der Waals surface area contributed by atoms with Crippen molar-refractivity contribution in [2.45, 2.75) is 12.8 Å². The van der Waals surface area contributed by atoms with E-state index in [1.165, 1.54) is 24.3 Å². The third kappa shape index (κ3) is 4.59. The minimum Gasteiger partial charge on any atom is -0.326 e. The molecule has 2 N–H and O–H groups in total. The van der Waals surface area contributed by atoms with Gasteiger partial charge in [0, 0.05) is 22.7 Å². The molecule has 4 aromatic rings. The van der Waals surface area contributed by atoms with Crippen molar-refractivity contribution < 1.29 is 13.6 Å². The molecule has 2 heterocycles. The van der Waals surface area contributed by atoms with Crippen LogP contribution in [-0.2, 0) is 4.79 Å². The Balaban J connectivity index is 1.56. The van der Waals surface area contributed by atoms with Gasteiger partial charge in [-0.15, -0.1) is 0 Å². The van der Waals surface area contributed by atoms with Crippen LogP contribution in [0.1, 0.15) is 12.8 Å². The predicted octanol–water partition coefficient (Wildman–Crippen LogP) is 5.18. The summed E-state index contributed by atoms with van der Waals surface area (Å²) in [6, 6.07) is 17.5. The predicted molar refractivity (Wildman–Crippen MR) is 125 cm³/mol. The third-order valence-electron chi connectivity index (χ3n) is 5.88. The molecule has 1 aromatic heterocycles. The van der Waals surface area contributed by atoms with Crippen LogP contribution in [0.2, 0.25) is 0 Å². The first-order valence-corrected chi connectivity index (χ1v) is 10.9. The summed E-state index contributed by atoms with van der Waals surface area (Å²) in [5.74, 6) is -0.696. The molecule has 33 heavy (non-hydrogen) atoms. The molecule has 3 aromatic carbocycles. The van der Waals surface area contributed by atoms with E-state index in [1.807, 2.05) is 12.1 Å². The van der Waals surface area contributed by atoms with E-state index in [0.717, 1.165) is 25.9 Å². The Hall–Kier alpha value is -3.71. The number of carbonyl (C=O) groups is 1. The molecule has 0 aliphatic carbocycles. The van der Waals surface area contributed by atoms with Crippen molar-refractivity contribution >= 4 is 22.6 Å². The van der Waals surface area contributed by atoms with E-state index < -0.39 is 0 Å². The summed E-state index contributed by atoms with van der Waals surface area (Å²) in [4.78, 5) is 22.2. The Morgan fingerprint density at radius 3 is 1.91 bits per heavy atom. The molecule has 1 aliphatic rings. The summed E-state index contributed by atoms with van der Waals surface area (Å²) < 4.78 is 27.0. The molecule has 0 unspecified atom stereocenters. The maximum atomic E-state index is 13.5. The number of piperidine rings is 1. The van der Waals surface area contributed by atoms with Gasteiger partial charge in [-0.2, -0.15) is 0 Å². The number of hydrogen-bond acceptors (Lipinski definition) is 4. The second kappa shape index (κ2) is 9.03. The zero-order valence-electron chi connectivity index (χ0n) is 17.8. The van der Waals surface area contributed by atoms with Gasteiger partial charge in [-0.1, -0.05) is 0 Å². The highest BCUT2D eigenvalue weighted by atomic mass is 19.1. The fourth-order valence-electron chi connectivity index (χ4n) is 4.08. The number of amides is 1. The maximum absolute atomic E-state index is 13.5. The highest BCUT2D eigenvalue weighted by Crippen LogP contribution is 2.32. The van der Waals surface area contributed by atoms with Gasteiger partial charge in [0.05, 0.1) is 22.4 Å². The molecular formula is C26H22F2N4O. The van der Waals surface area contributed by atoms with Crippen LogP contribution >= 0.6 is 0 Å². The Morgan fingerprint density at radius 1 is 0.788 bits per heavy atom. The van der Waals surface area contributed by atoms with Gasteiger partial charge in [-0.3, -0.25) is 4.79 Å². The van der Waals surface area contributed by atoms with Crippen molar-refractivity contribution in [3.63, 3.8) is 0 Å². The van der Waals surface area contributed by atoms with Crippen LogP contribution < -0.4 is 10.6 Å². The van der Waals surface area contributed by atoms with E-state index in [4.69, 9.17) is 9.97 Å². The lowest BCUT2D eigenvalue weighted by atomic mass is 9.97. The number of carbonyl (C=O) groups excluding carboxylic acids is 1. The van der Waals surface area contributed by atoms with E-state index in [9.17, 15) is 13.6 Å². The number of rotatable bonds is 4. The molecule has 5 nitrogen and oxygen atoms in total. The third-order valence-corrected chi connectivity index (χ3v) is 5.88. The number of aromatic nitrogens is 2. The monoisotopic (exact) mass is 444 g/mol. The number of hydrogen-bond donors (Lipinski definition) is 2. The molecule has 0 spiro atoms. The van der Waals surface area contributed by atoms with Crippen molar-refractivity contribution in [1.29, 1.82) is 0 Å². The Bertz CT molecular complexity index is 1300. The number of halogens is 2. The topological polar surface area (TPSA) is 66.9 Å². The van der Waals surface area contributed by atoms with E-state index in [-0.39, 0.29) is 23.5 Å². The zero-order chi connectivity index (χ0) is 22.8. The second-order valence-corrected chi connectivity index (χ2v) is 8.15. The Labute approximate surface area is 189 Å². The van der Waals surface area contributed by atoms with E-state index >= 15 is 0 Å². The zero-order valence-corrected chi connectivity index (χ0v) is 17.8. The SMILES string of the molecule is O=C(Nc1ccc2nc(-c3ccc(F)cc3)c(-c3ccc(F)cc3)nc2c1)C1CCNCC1. The van der Waals surface area contributed by atoms with Crippen molar-refractivity contribution in [2.24, 2.45) is 5.92 Å². The van der Waals surface area contributed by atoms with Crippen molar-refractivity contribution in [3.05, 3.63) is 78.4 Å².